The maximum absolute atomic E-state index is 13.8. The molecule has 1 rings (SSSR count). The first-order valence-electron chi connectivity index (χ1n) is 8.21. The van der Waals surface area contributed by atoms with Gasteiger partial charge in [0, 0.05) is 0 Å². The topological polar surface area (TPSA) is 61.8 Å². The summed E-state index contributed by atoms with van der Waals surface area (Å²) in [5.74, 6) is -6.10. The summed E-state index contributed by atoms with van der Waals surface area (Å²) in [5.41, 5.74) is -0.533. The molecule has 0 aliphatic heterocycles. The van der Waals surface area contributed by atoms with E-state index in [9.17, 15) is 18.4 Å². The Bertz CT molecular complexity index is 470. The molecule has 1 saturated carbocycles. The van der Waals surface area contributed by atoms with Crippen molar-refractivity contribution in [3.05, 3.63) is 12.2 Å². The summed E-state index contributed by atoms with van der Waals surface area (Å²) in [6.07, 6.45) is 2.46. The van der Waals surface area contributed by atoms with Gasteiger partial charge in [-0.25, -0.2) is 9.59 Å². The van der Waals surface area contributed by atoms with Gasteiger partial charge in [-0.1, -0.05) is 20.4 Å². The molecule has 1 atom stereocenters. The molecule has 24 heavy (non-hydrogen) atoms. The first-order chi connectivity index (χ1) is 11.2. The zero-order valence-corrected chi connectivity index (χ0v) is 14.5. The van der Waals surface area contributed by atoms with Gasteiger partial charge in [0.15, 0.2) is 0 Å². The number of carbonyl (C=O) groups excluding carboxylic acids is 2. The number of rotatable bonds is 9. The SMILES string of the molecule is C=C(COC(CC)C(F)(F)C(=O)OC)C(=O)OC1(CC)CCCC1. The summed E-state index contributed by atoms with van der Waals surface area (Å²) in [4.78, 5) is 23.3. The summed E-state index contributed by atoms with van der Waals surface area (Å²) >= 11 is 0. The van der Waals surface area contributed by atoms with Crippen LogP contribution in [-0.2, 0) is 23.8 Å². The van der Waals surface area contributed by atoms with E-state index in [4.69, 9.17) is 9.47 Å². The highest BCUT2D eigenvalue weighted by Gasteiger charge is 2.48. The Morgan fingerprint density at radius 2 is 1.83 bits per heavy atom. The van der Waals surface area contributed by atoms with Crippen molar-refractivity contribution in [2.75, 3.05) is 13.7 Å². The van der Waals surface area contributed by atoms with Crippen molar-refractivity contribution < 1.29 is 32.6 Å². The minimum absolute atomic E-state index is 0.0474. The highest BCUT2D eigenvalue weighted by molar-refractivity contribution is 5.88. The summed E-state index contributed by atoms with van der Waals surface area (Å²) < 4.78 is 42.3. The lowest BCUT2D eigenvalue weighted by Crippen LogP contribution is -2.44. The number of methoxy groups -OCH3 is 1. The monoisotopic (exact) mass is 348 g/mol. The van der Waals surface area contributed by atoms with Gasteiger partial charge in [0.05, 0.1) is 19.3 Å². The van der Waals surface area contributed by atoms with Crippen LogP contribution in [0.1, 0.15) is 52.4 Å². The second-order valence-corrected chi connectivity index (χ2v) is 6.06. The molecule has 0 aromatic rings. The normalized spacial score (nSPS) is 18.0. The number of ether oxygens (including phenoxy) is 3. The second kappa shape index (κ2) is 8.55. The van der Waals surface area contributed by atoms with Crippen molar-refractivity contribution in [1.82, 2.24) is 0 Å². The summed E-state index contributed by atoms with van der Waals surface area (Å²) in [6, 6.07) is 0. The standard InChI is InChI=1S/C17H26F2O5/c1-5-13(17(18,19)15(21)22-4)23-11-12(3)14(20)24-16(6-2)9-7-8-10-16/h13H,3,5-11H2,1-2,4H3. The largest absolute Gasteiger partial charge is 0.465 e. The van der Waals surface area contributed by atoms with Crippen LogP contribution in [-0.4, -0.2) is 43.3 Å². The van der Waals surface area contributed by atoms with Gasteiger partial charge in [-0.15, -0.1) is 0 Å². The van der Waals surface area contributed by atoms with Crippen LogP contribution in [0.4, 0.5) is 8.78 Å². The van der Waals surface area contributed by atoms with E-state index < -0.39 is 36.2 Å². The average molecular weight is 348 g/mol. The van der Waals surface area contributed by atoms with E-state index in [0.29, 0.717) is 6.42 Å². The molecule has 138 valence electrons. The lowest BCUT2D eigenvalue weighted by Gasteiger charge is -2.28. The fraction of sp³-hybridized carbons (Fsp3) is 0.765. The van der Waals surface area contributed by atoms with Gasteiger partial charge in [-0.05, 0) is 38.5 Å². The third-order valence-electron chi connectivity index (χ3n) is 4.45. The average Bonchev–Trinajstić information content (AvgIpc) is 3.02. The van der Waals surface area contributed by atoms with Crippen LogP contribution in [0.15, 0.2) is 12.2 Å². The molecule has 5 nitrogen and oxygen atoms in total. The molecular formula is C17H26F2O5. The molecule has 0 aromatic heterocycles. The van der Waals surface area contributed by atoms with E-state index in [0.717, 1.165) is 32.8 Å². The molecule has 0 bridgehead atoms. The van der Waals surface area contributed by atoms with Crippen LogP contribution < -0.4 is 0 Å². The minimum Gasteiger partial charge on any atom is -0.465 e. The lowest BCUT2D eigenvalue weighted by molar-refractivity contribution is -0.192. The molecule has 1 unspecified atom stereocenters. The molecule has 1 fully saturated rings. The number of hydrogen-bond acceptors (Lipinski definition) is 5. The van der Waals surface area contributed by atoms with E-state index in [1.807, 2.05) is 6.92 Å². The predicted octanol–water partition coefficient (Wildman–Crippen LogP) is 3.41. The van der Waals surface area contributed by atoms with Crippen molar-refractivity contribution in [3.8, 4) is 0 Å². The highest BCUT2D eigenvalue weighted by atomic mass is 19.3. The highest BCUT2D eigenvalue weighted by Crippen LogP contribution is 2.36. The molecule has 7 heteroatoms. The van der Waals surface area contributed by atoms with E-state index in [1.165, 1.54) is 6.92 Å². The zero-order valence-electron chi connectivity index (χ0n) is 14.5. The molecule has 1 aliphatic rings. The van der Waals surface area contributed by atoms with Crippen LogP contribution in [0, 0.1) is 0 Å². The summed E-state index contributed by atoms with van der Waals surface area (Å²) in [5, 5.41) is 0. The third kappa shape index (κ3) is 4.75. The Hall–Kier alpha value is -1.50. The van der Waals surface area contributed by atoms with Gasteiger partial charge >= 0.3 is 17.9 Å². The third-order valence-corrected chi connectivity index (χ3v) is 4.45. The number of carbonyl (C=O) groups is 2. The molecule has 0 radical (unpaired) electrons. The Balaban J connectivity index is 2.60. The molecule has 0 spiro atoms. The van der Waals surface area contributed by atoms with Crippen LogP contribution in [0.2, 0.25) is 0 Å². The fourth-order valence-electron chi connectivity index (χ4n) is 2.82. The maximum Gasteiger partial charge on any atom is 0.379 e. The van der Waals surface area contributed by atoms with Gasteiger partial charge in [0.2, 0.25) is 0 Å². The Labute approximate surface area is 141 Å². The van der Waals surface area contributed by atoms with Crippen LogP contribution in [0.3, 0.4) is 0 Å². The minimum atomic E-state index is -3.79. The number of esters is 2. The van der Waals surface area contributed by atoms with Crippen molar-refractivity contribution in [2.45, 2.75) is 70.0 Å². The summed E-state index contributed by atoms with van der Waals surface area (Å²) in [6.45, 7) is 6.53. The van der Waals surface area contributed by atoms with Gasteiger partial charge in [-0.2, -0.15) is 8.78 Å². The van der Waals surface area contributed by atoms with Crippen LogP contribution >= 0.6 is 0 Å². The molecule has 1 aliphatic carbocycles. The predicted molar refractivity (Wildman–Crippen MR) is 83.7 cm³/mol. The fourth-order valence-corrected chi connectivity index (χ4v) is 2.82. The van der Waals surface area contributed by atoms with E-state index in [-0.39, 0.29) is 12.0 Å². The number of alkyl halides is 2. The molecule has 0 N–H and O–H groups in total. The zero-order chi connectivity index (χ0) is 18.4. The van der Waals surface area contributed by atoms with Gasteiger partial charge in [0.1, 0.15) is 11.7 Å². The van der Waals surface area contributed by atoms with Gasteiger partial charge < -0.3 is 14.2 Å². The van der Waals surface area contributed by atoms with Crippen LogP contribution in [0.5, 0.6) is 0 Å². The molecule has 0 amide bonds. The van der Waals surface area contributed by atoms with Gasteiger partial charge in [-0.3, -0.25) is 0 Å². The molecule has 0 heterocycles. The summed E-state index contributed by atoms with van der Waals surface area (Å²) in [7, 11) is 0.880. The van der Waals surface area contributed by atoms with Crippen molar-refractivity contribution in [3.63, 3.8) is 0 Å². The molecule has 0 aromatic carbocycles. The first-order valence-corrected chi connectivity index (χ1v) is 8.21. The lowest BCUT2D eigenvalue weighted by atomic mass is 9.99. The van der Waals surface area contributed by atoms with Crippen molar-refractivity contribution in [2.24, 2.45) is 0 Å². The van der Waals surface area contributed by atoms with Crippen molar-refractivity contribution >= 4 is 11.9 Å². The Morgan fingerprint density at radius 3 is 2.29 bits per heavy atom. The second-order valence-electron chi connectivity index (χ2n) is 6.06. The Morgan fingerprint density at radius 1 is 1.25 bits per heavy atom. The van der Waals surface area contributed by atoms with E-state index >= 15 is 0 Å². The van der Waals surface area contributed by atoms with Crippen LogP contribution in [0.25, 0.3) is 0 Å². The van der Waals surface area contributed by atoms with E-state index in [2.05, 4.69) is 11.3 Å². The number of halogens is 2. The maximum atomic E-state index is 13.8. The van der Waals surface area contributed by atoms with E-state index in [1.54, 1.807) is 0 Å². The molecule has 0 saturated heterocycles. The quantitative estimate of drug-likeness (QED) is 0.472. The van der Waals surface area contributed by atoms with Crippen molar-refractivity contribution in [1.29, 1.82) is 0 Å². The molecular weight excluding hydrogens is 322 g/mol. The van der Waals surface area contributed by atoms with Gasteiger partial charge in [0.25, 0.3) is 0 Å². The smallest absolute Gasteiger partial charge is 0.379 e. The first kappa shape index (κ1) is 20.5. The Kier molecular flexibility index (Phi) is 7.32. The number of hydrogen-bond donors (Lipinski definition) is 0.